The van der Waals surface area contributed by atoms with Crippen LogP contribution >= 0.6 is 11.6 Å². The summed E-state index contributed by atoms with van der Waals surface area (Å²) in [6, 6.07) is 7.85. The summed E-state index contributed by atoms with van der Waals surface area (Å²) in [4.78, 5) is 11.7. The van der Waals surface area contributed by atoms with E-state index < -0.39 is 0 Å². The number of nitrogens with one attached hydrogen (secondary N) is 1. The molecule has 0 aliphatic heterocycles. The molecule has 0 spiro atoms. The predicted molar refractivity (Wildman–Crippen MR) is 56.5 cm³/mol. The minimum absolute atomic E-state index is 0.00347. The molecular formula is C11H12ClNO. The van der Waals surface area contributed by atoms with Crippen LogP contribution in [0.2, 0.25) is 0 Å². The van der Waals surface area contributed by atoms with Gasteiger partial charge in [0.05, 0.1) is 0 Å². The molecule has 74 valence electrons. The maximum Gasteiger partial charge on any atom is 0.251 e. The summed E-state index contributed by atoms with van der Waals surface area (Å²) < 4.78 is 0. The van der Waals surface area contributed by atoms with Crippen LogP contribution in [0.1, 0.15) is 28.8 Å². The van der Waals surface area contributed by atoms with E-state index >= 15 is 0 Å². The molecule has 0 radical (unpaired) electrons. The summed E-state index contributed by atoms with van der Waals surface area (Å²) in [7, 11) is 0. The average Bonchev–Trinajstić information content (AvgIpc) is 3.01. The lowest BCUT2D eigenvalue weighted by Crippen LogP contribution is -2.26. The molecule has 3 heteroatoms. The lowest BCUT2D eigenvalue weighted by molar-refractivity contribution is 0.0950. The van der Waals surface area contributed by atoms with Crippen LogP contribution in [0.15, 0.2) is 24.3 Å². The maximum absolute atomic E-state index is 11.7. The van der Waals surface area contributed by atoms with Crippen molar-refractivity contribution in [2.45, 2.75) is 24.8 Å². The molecule has 1 amide bonds. The number of benzene rings is 1. The van der Waals surface area contributed by atoms with E-state index in [-0.39, 0.29) is 5.91 Å². The van der Waals surface area contributed by atoms with Crippen LogP contribution in [0.25, 0.3) is 0 Å². The fraction of sp³-hybridized carbons (Fsp3) is 0.364. The number of carbonyl (C=O) groups is 1. The first kappa shape index (κ1) is 9.53. The maximum atomic E-state index is 11.7. The van der Waals surface area contributed by atoms with Crippen LogP contribution in [0.5, 0.6) is 0 Å². The molecule has 0 atom stereocenters. The average molecular weight is 210 g/mol. The third-order valence-corrected chi connectivity index (χ3v) is 2.61. The molecule has 2 nitrogen and oxygen atoms in total. The van der Waals surface area contributed by atoms with Gasteiger partial charge in [0.25, 0.3) is 5.91 Å². The van der Waals surface area contributed by atoms with Gasteiger partial charge in [-0.2, -0.15) is 0 Å². The largest absolute Gasteiger partial charge is 0.349 e. The molecule has 1 aromatic rings. The fourth-order valence-electron chi connectivity index (χ4n) is 1.35. The van der Waals surface area contributed by atoms with Crippen LogP contribution in [0, 0.1) is 0 Å². The van der Waals surface area contributed by atoms with Gasteiger partial charge in [0.15, 0.2) is 0 Å². The molecule has 0 saturated heterocycles. The van der Waals surface area contributed by atoms with Crippen molar-refractivity contribution in [2.24, 2.45) is 0 Å². The van der Waals surface area contributed by atoms with Gasteiger partial charge in [-0.1, -0.05) is 18.2 Å². The quantitative estimate of drug-likeness (QED) is 0.761. The van der Waals surface area contributed by atoms with E-state index in [1.54, 1.807) is 0 Å². The number of alkyl halides is 1. The summed E-state index contributed by atoms with van der Waals surface area (Å²) in [5.74, 6) is 0.387. The van der Waals surface area contributed by atoms with E-state index in [1.807, 2.05) is 24.3 Å². The van der Waals surface area contributed by atoms with Crippen molar-refractivity contribution in [3.8, 4) is 0 Å². The number of halogens is 1. The van der Waals surface area contributed by atoms with Crippen LogP contribution in [0.3, 0.4) is 0 Å². The number of carbonyl (C=O) groups excluding carboxylic acids is 1. The zero-order chi connectivity index (χ0) is 9.97. The highest BCUT2D eigenvalue weighted by atomic mass is 35.5. The van der Waals surface area contributed by atoms with Crippen molar-refractivity contribution in [3.63, 3.8) is 0 Å². The van der Waals surface area contributed by atoms with Crippen molar-refractivity contribution < 1.29 is 4.79 Å². The molecule has 1 aliphatic rings. The van der Waals surface area contributed by atoms with E-state index in [4.69, 9.17) is 11.6 Å². The van der Waals surface area contributed by atoms with Crippen molar-refractivity contribution >= 4 is 17.5 Å². The first-order chi connectivity index (χ1) is 6.81. The molecule has 1 fully saturated rings. The van der Waals surface area contributed by atoms with Crippen molar-refractivity contribution in [1.82, 2.24) is 5.32 Å². The third kappa shape index (κ3) is 2.07. The van der Waals surface area contributed by atoms with Crippen LogP contribution in [0.4, 0.5) is 0 Å². The molecule has 14 heavy (non-hydrogen) atoms. The van der Waals surface area contributed by atoms with E-state index in [2.05, 4.69) is 5.32 Å². The molecule has 1 saturated carbocycles. The minimum Gasteiger partial charge on any atom is -0.349 e. The van der Waals surface area contributed by atoms with Gasteiger partial charge in [-0.05, 0) is 24.5 Å². The zero-order valence-electron chi connectivity index (χ0n) is 7.79. The second kappa shape index (κ2) is 4.01. The lowest BCUT2D eigenvalue weighted by atomic mass is 10.1. The van der Waals surface area contributed by atoms with Gasteiger partial charge in [-0.25, -0.2) is 0 Å². The van der Waals surface area contributed by atoms with E-state index in [1.165, 1.54) is 0 Å². The molecule has 2 rings (SSSR count). The highest BCUT2D eigenvalue weighted by Crippen LogP contribution is 2.20. The second-order valence-electron chi connectivity index (χ2n) is 3.54. The normalized spacial score (nSPS) is 15.2. The molecule has 0 aromatic heterocycles. The standard InChI is InChI=1S/C11H12ClNO/c12-7-8-3-1-2-4-10(8)11(14)13-9-5-6-9/h1-4,9H,5-7H2,(H,13,14). The molecule has 0 unspecified atom stereocenters. The van der Waals surface area contributed by atoms with Gasteiger partial charge in [0.1, 0.15) is 0 Å². The summed E-state index contributed by atoms with van der Waals surface area (Å²) in [6.45, 7) is 0. The second-order valence-corrected chi connectivity index (χ2v) is 3.81. The van der Waals surface area contributed by atoms with E-state index in [0.717, 1.165) is 18.4 Å². The first-order valence-corrected chi connectivity index (χ1v) is 5.29. The van der Waals surface area contributed by atoms with Gasteiger partial charge in [-0.3, -0.25) is 4.79 Å². The SMILES string of the molecule is O=C(NC1CC1)c1ccccc1CCl. The Hall–Kier alpha value is -1.02. The van der Waals surface area contributed by atoms with E-state index in [9.17, 15) is 4.79 Å². The van der Waals surface area contributed by atoms with Gasteiger partial charge in [0, 0.05) is 17.5 Å². The number of hydrogen-bond acceptors (Lipinski definition) is 1. The van der Waals surface area contributed by atoms with Crippen LogP contribution < -0.4 is 5.32 Å². The Balaban J connectivity index is 2.16. The van der Waals surface area contributed by atoms with Crippen molar-refractivity contribution in [2.75, 3.05) is 0 Å². The van der Waals surface area contributed by atoms with E-state index in [0.29, 0.717) is 17.5 Å². The Kier molecular flexibility index (Phi) is 2.73. The summed E-state index contributed by atoms with van der Waals surface area (Å²) in [6.07, 6.45) is 2.21. The Morgan fingerprint density at radius 3 is 2.79 bits per heavy atom. The Labute approximate surface area is 88.3 Å². The molecule has 1 N–H and O–H groups in total. The Morgan fingerprint density at radius 2 is 2.14 bits per heavy atom. The Morgan fingerprint density at radius 1 is 1.43 bits per heavy atom. The topological polar surface area (TPSA) is 29.1 Å². The van der Waals surface area contributed by atoms with Gasteiger partial charge >= 0.3 is 0 Å². The summed E-state index contributed by atoms with van der Waals surface area (Å²) >= 11 is 5.75. The van der Waals surface area contributed by atoms with Gasteiger partial charge < -0.3 is 5.32 Å². The van der Waals surface area contributed by atoms with Crippen LogP contribution in [-0.2, 0) is 5.88 Å². The zero-order valence-corrected chi connectivity index (χ0v) is 8.55. The van der Waals surface area contributed by atoms with Gasteiger partial charge in [-0.15, -0.1) is 11.6 Å². The monoisotopic (exact) mass is 209 g/mol. The first-order valence-electron chi connectivity index (χ1n) is 4.76. The third-order valence-electron chi connectivity index (χ3n) is 2.32. The highest BCUT2D eigenvalue weighted by Gasteiger charge is 2.24. The molecule has 1 aliphatic carbocycles. The number of amides is 1. The number of hydrogen-bond donors (Lipinski definition) is 1. The van der Waals surface area contributed by atoms with Crippen LogP contribution in [-0.4, -0.2) is 11.9 Å². The molecule has 1 aromatic carbocycles. The molecule has 0 bridgehead atoms. The number of rotatable bonds is 3. The molecule has 0 heterocycles. The predicted octanol–water partition coefficient (Wildman–Crippen LogP) is 2.32. The highest BCUT2D eigenvalue weighted by molar-refractivity contribution is 6.17. The fourth-order valence-corrected chi connectivity index (χ4v) is 1.58. The summed E-state index contributed by atoms with van der Waals surface area (Å²) in [5.41, 5.74) is 1.60. The van der Waals surface area contributed by atoms with Gasteiger partial charge in [0.2, 0.25) is 0 Å². The smallest absolute Gasteiger partial charge is 0.251 e. The lowest BCUT2D eigenvalue weighted by Gasteiger charge is -2.06. The van der Waals surface area contributed by atoms with Crippen molar-refractivity contribution in [3.05, 3.63) is 35.4 Å². The summed E-state index contributed by atoms with van der Waals surface area (Å²) in [5, 5.41) is 2.95. The Bertz CT molecular complexity index is 347. The minimum atomic E-state index is 0.00347. The molecular weight excluding hydrogens is 198 g/mol. The van der Waals surface area contributed by atoms with Crippen molar-refractivity contribution in [1.29, 1.82) is 0 Å².